The SMILES string of the molecule is NC(=O)Nc1cccc(NC(=O)c2nc(N)n[nH]2)c1. The summed E-state index contributed by atoms with van der Waals surface area (Å²) in [5.74, 6) is -0.527. The van der Waals surface area contributed by atoms with E-state index in [1.807, 2.05) is 0 Å². The average Bonchev–Trinajstić information content (AvgIpc) is 2.75. The van der Waals surface area contributed by atoms with E-state index in [0.717, 1.165) is 0 Å². The van der Waals surface area contributed by atoms with Crippen LogP contribution in [-0.2, 0) is 0 Å². The minimum Gasteiger partial charge on any atom is -0.366 e. The molecule has 0 fully saturated rings. The molecule has 0 saturated heterocycles. The first-order valence-electron chi connectivity index (χ1n) is 5.20. The van der Waals surface area contributed by atoms with E-state index in [-0.39, 0.29) is 11.8 Å². The van der Waals surface area contributed by atoms with Gasteiger partial charge in [0, 0.05) is 11.4 Å². The number of aromatic amines is 1. The Kier molecular flexibility index (Phi) is 3.28. The average molecular weight is 261 g/mol. The van der Waals surface area contributed by atoms with Gasteiger partial charge in [0.25, 0.3) is 5.91 Å². The van der Waals surface area contributed by atoms with Gasteiger partial charge < -0.3 is 22.1 Å². The molecule has 0 spiro atoms. The third kappa shape index (κ3) is 3.19. The number of nitrogen functional groups attached to an aromatic ring is 1. The quantitative estimate of drug-likeness (QED) is 0.531. The van der Waals surface area contributed by atoms with Crippen LogP contribution in [0.4, 0.5) is 22.1 Å². The minimum absolute atomic E-state index is 0.00855. The van der Waals surface area contributed by atoms with E-state index < -0.39 is 11.9 Å². The topological polar surface area (TPSA) is 152 Å². The van der Waals surface area contributed by atoms with Gasteiger partial charge in [0.05, 0.1) is 0 Å². The Labute approximate surface area is 107 Å². The molecule has 19 heavy (non-hydrogen) atoms. The number of nitrogens with two attached hydrogens (primary N) is 2. The molecule has 0 aliphatic rings. The summed E-state index contributed by atoms with van der Waals surface area (Å²) < 4.78 is 0. The molecule has 0 saturated carbocycles. The molecule has 2 aromatic rings. The monoisotopic (exact) mass is 261 g/mol. The number of anilines is 3. The number of primary amides is 1. The number of urea groups is 1. The maximum Gasteiger partial charge on any atom is 0.316 e. The summed E-state index contributed by atoms with van der Waals surface area (Å²) >= 11 is 0. The highest BCUT2D eigenvalue weighted by Crippen LogP contribution is 2.15. The number of nitrogens with one attached hydrogen (secondary N) is 3. The van der Waals surface area contributed by atoms with Gasteiger partial charge in [-0.3, -0.25) is 9.89 Å². The third-order valence-electron chi connectivity index (χ3n) is 2.11. The van der Waals surface area contributed by atoms with Gasteiger partial charge in [-0.2, -0.15) is 4.98 Å². The first-order chi connectivity index (χ1) is 9.04. The molecule has 7 N–H and O–H groups in total. The number of hydrogen-bond acceptors (Lipinski definition) is 5. The highest BCUT2D eigenvalue weighted by molar-refractivity contribution is 6.02. The van der Waals surface area contributed by atoms with E-state index in [4.69, 9.17) is 11.5 Å². The van der Waals surface area contributed by atoms with Crippen molar-refractivity contribution in [3.05, 3.63) is 30.1 Å². The summed E-state index contributed by atoms with van der Waals surface area (Å²) in [7, 11) is 0. The van der Waals surface area contributed by atoms with Crippen LogP contribution in [0.1, 0.15) is 10.6 Å². The van der Waals surface area contributed by atoms with E-state index in [0.29, 0.717) is 11.4 Å². The van der Waals surface area contributed by atoms with E-state index in [2.05, 4.69) is 25.8 Å². The van der Waals surface area contributed by atoms with Crippen LogP contribution >= 0.6 is 0 Å². The van der Waals surface area contributed by atoms with Crippen molar-refractivity contribution in [2.24, 2.45) is 5.73 Å². The highest BCUT2D eigenvalue weighted by Gasteiger charge is 2.11. The number of carbonyl (C=O) groups is 2. The van der Waals surface area contributed by atoms with Crippen LogP contribution in [0.2, 0.25) is 0 Å². The second-order valence-corrected chi connectivity index (χ2v) is 3.57. The fraction of sp³-hybridized carbons (Fsp3) is 0. The van der Waals surface area contributed by atoms with Crippen LogP contribution in [-0.4, -0.2) is 27.1 Å². The minimum atomic E-state index is -0.688. The Balaban J connectivity index is 2.10. The van der Waals surface area contributed by atoms with Gasteiger partial charge in [-0.25, -0.2) is 4.79 Å². The van der Waals surface area contributed by atoms with Crippen molar-refractivity contribution in [3.8, 4) is 0 Å². The van der Waals surface area contributed by atoms with Crippen molar-refractivity contribution >= 4 is 29.3 Å². The maximum absolute atomic E-state index is 11.7. The summed E-state index contributed by atoms with van der Waals surface area (Å²) in [6.45, 7) is 0. The van der Waals surface area contributed by atoms with Gasteiger partial charge in [0.1, 0.15) is 0 Å². The molecule has 98 valence electrons. The predicted molar refractivity (Wildman–Crippen MR) is 68.4 cm³/mol. The van der Waals surface area contributed by atoms with Gasteiger partial charge in [-0.15, -0.1) is 5.10 Å². The summed E-state index contributed by atoms with van der Waals surface area (Å²) in [5.41, 5.74) is 11.2. The molecule has 0 aliphatic heterocycles. The number of H-pyrrole nitrogens is 1. The van der Waals surface area contributed by atoms with E-state index >= 15 is 0 Å². The number of rotatable bonds is 3. The molecule has 0 radical (unpaired) electrons. The number of hydrogen-bond donors (Lipinski definition) is 5. The molecule has 0 aliphatic carbocycles. The smallest absolute Gasteiger partial charge is 0.316 e. The Morgan fingerprint density at radius 3 is 2.47 bits per heavy atom. The fourth-order valence-electron chi connectivity index (χ4n) is 1.38. The molecular weight excluding hydrogens is 250 g/mol. The highest BCUT2D eigenvalue weighted by atomic mass is 16.2. The molecule has 1 heterocycles. The zero-order valence-corrected chi connectivity index (χ0v) is 9.68. The summed E-state index contributed by atoms with van der Waals surface area (Å²) in [6.07, 6.45) is 0. The zero-order chi connectivity index (χ0) is 13.8. The van der Waals surface area contributed by atoms with E-state index in [1.165, 1.54) is 0 Å². The lowest BCUT2D eigenvalue weighted by Gasteiger charge is -2.06. The number of carbonyl (C=O) groups excluding carboxylic acids is 2. The van der Waals surface area contributed by atoms with Gasteiger partial charge in [0.2, 0.25) is 11.8 Å². The first-order valence-corrected chi connectivity index (χ1v) is 5.20. The van der Waals surface area contributed by atoms with Gasteiger partial charge in [-0.05, 0) is 18.2 Å². The molecule has 9 nitrogen and oxygen atoms in total. The fourth-order valence-corrected chi connectivity index (χ4v) is 1.38. The van der Waals surface area contributed by atoms with Gasteiger partial charge in [-0.1, -0.05) is 6.07 Å². The standard InChI is InChI=1S/C10H11N7O2/c11-9-15-7(16-17-9)8(18)13-5-2-1-3-6(4-5)14-10(12)19/h1-4H,(H,13,18)(H3,12,14,19)(H3,11,15,16,17). The van der Waals surface area contributed by atoms with Gasteiger partial charge >= 0.3 is 6.03 Å². The van der Waals surface area contributed by atoms with Crippen LogP contribution in [0.5, 0.6) is 0 Å². The summed E-state index contributed by atoms with van der Waals surface area (Å²) in [4.78, 5) is 26.1. The Hall–Kier alpha value is -3.10. The molecule has 1 aromatic carbocycles. The van der Waals surface area contributed by atoms with Crippen molar-refractivity contribution in [3.63, 3.8) is 0 Å². The lowest BCUT2D eigenvalue weighted by molar-refractivity contribution is 0.101. The van der Waals surface area contributed by atoms with Crippen LogP contribution in [0, 0.1) is 0 Å². The number of amides is 3. The molecule has 1 aromatic heterocycles. The third-order valence-corrected chi connectivity index (χ3v) is 2.11. The van der Waals surface area contributed by atoms with Crippen molar-refractivity contribution in [1.82, 2.24) is 15.2 Å². The molecule has 0 bridgehead atoms. The van der Waals surface area contributed by atoms with Crippen LogP contribution < -0.4 is 22.1 Å². The molecule has 0 unspecified atom stereocenters. The normalized spacial score (nSPS) is 9.89. The lowest BCUT2D eigenvalue weighted by Crippen LogP contribution is -2.19. The predicted octanol–water partition coefficient (Wildman–Crippen LogP) is 0.130. The second kappa shape index (κ2) is 5.04. The van der Waals surface area contributed by atoms with Crippen molar-refractivity contribution in [2.45, 2.75) is 0 Å². The van der Waals surface area contributed by atoms with E-state index in [1.54, 1.807) is 24.3 Å². The lowest BCUT2D eigenvalue weighted by atomic mass is 10.2. The van der Waals surface area contributed by atoms with Crippen molar-refractivity contribution < 1.29 is 9.59 Å². The number of benzene rings is 1. The number of aromatic nitrogens is 3. The number of nitrogens with zero attached hydrogens (tertiary/aromatic N) is 2. The van der Waals surface area contributed by atoms with Crippen LogP contribution in [0.3, 0.4) is 0 Å². The molecule has 9 heteroatoms. The largest absolute Gasteiger partial charge is 0.366 e. The zero-order valence-electron chi connectivity index (χ0n) is 9.68. The van der Waals surface area contributed by atoms with Crippen molar-refractivity contribution in [1.29, 1.82) is 0 Å². The molecule has 2 rings (SSSR count). The summed E-state index contributed by atoms with van der Waals surface area (Å²) in [6, 6.07) is 5.78. The molecular formula is C10H11N7O2. The second-order valence-electron chi connectivity index (χ2n) is 3.57. The van der Waals surface area contributed by atoms with Crippen LogP contribution in [0.25, 0.3) is 0 Å². The van der Waals surface area contributed by atoms with E-state index in [9.17, 15) is 9.59 Å². The van der Waals surface area contributed by atoms with Gasteiger partial charge in [0.15, 0.2) is 0 Å². The summed E-state index contributed by atoms with van der Waals surface area (Å²) in [5, 5.41) is 10.9. The first kappa shape index (κ1) is 12.4. The Bertz CT molecular complexity index is 622. The Morgan fingerprint density at radius 2 is 1.89 bits per heavy atom. The molecule has 0 atom stereocenters. The van der Waals surface area contributed by atoms with Crippen LogP contribution in [0.15, 0.2) is 24.3 Å². The molecule has 3 amide bonds. The Morgan fingerprint density at radius 1 is 1.21 bits per heavy atom. The van der Waals surface area contributed by atoms with Crippen molar-refractivity contribution in [2.75, 3.05) is 16.4 Å². The maximum atomic E-state index is 11.7.